The highest BCUT2D eigenvalue weighted by atomic mass is 35.5. The van der Waals surface area contributed by atoms with Crippen molar-refractivity contribution in [3.8, 4) is 5.82 Å². The molecular weight excluding hydrogens is 315 g/mol. The fourth-order valence-corrected chi connectivity index (χ4v) is 1.32. The maximum atomic E-state index is 11.9. The van der Waals surface area contributed by atoms with Crippen LogP contribution in [0.1, 0.15) is 13.8 Å². The molecule has 2 rings (SSSR count). The Morgan fingerprint density at radius 1 is 1.38 bits per heavy atom. The predicted molar refractivity (Wildman–Crippen MR) is 85.1 cm³/mol. The maximum Gasteiger partial charge on any atom is 0.231 e. The third-order valence-corrected chi connectivity index (χ3v) is 2.78. The first-order valence-corrected chi connectivity index (χ1v) is 5.85. The number of nitrogens with one attached hydrogen (secondary N) is 1. The summed E-state index contributed by atoms with van der Waals surface area (Å²) in [6.45, 7) is 3.86. The summed E-state index contributed by atoms with van der Waals surface area (Å²) in [6.07, 6.45) is 4.56. The molecule has 0 spiro atoms. The second-order valence-electron chi connectivity index (χ2n) is 4.79. The summed E-state index contributed by atoms with van der Waals surface area (Å²) in [7, 11) is 0. The lowest BCUT2D eigenvalue weighted by Gasteiger charge is -2.21. The van der Waals surface area contributed by atoms with Crippen LogP contribution in [0.2, 0.25) is 0 Å². The van der Waals surface area contributed by atoms with Gasteiger partial charge in [-0.15, -0.1) is 24.8 Å². The van der Waals surface area contributed by atoms with Crippen LogP contribution in [0.15, 0.2) is 31.0 Å². The van der Waals surface area contributed by atoms with Crippen molar-refractivity contribution in [3.05, 3.63) is 31.0 Å². The number of anilines is 1. The minimum atomic E-state index is -0.607. The smallest absolute Gasteiger partial charge is 0.231 e. The number of hydrogen-bond acceptors (Lipinski definition) is 5. The van der Waals surface area contributed by atoms with E-state index in [1.165, 1.54) is 11.0 Å². The van der Waals surface area contributed by atoms with E-state index < -0.39 is 5.41 Å². The molecule has 9 heteroatoms. The molecule has 21 heavy (non-hydrogen) atoms. The van der Waals surface area contributed by atoms with Crippen LogP contribution in [0.4, 0.5) is 5.69 Å². The minimum absolute atomic E-state index is 0. The highest BCUT2D eigenvalue weighted by Gasteiger charge is 2.25. The predicted octanol–water partition coefficient (Wildman–Crippen LogP) is 1.43. The zero-order valence-corrected chi connectivity index (χ0v) is 13.3. The van der Waals surface area contributed by atoms with Crippen LogP contribution < -0.4 is 11.1 Å². The van der Waals surface area contributed by atoms with Crippen LogP contribution in [-0.2, 0) is 4.79 Å². The molecule has 0 bridgehead atoms. The lowest BCUT2D eigenvalue weighted by atomic mass is 9.92. The Morgan fingerprint density at radius 2 is 2.10 bits per heavy atom. The molecule has 0 saturated carbocycles. The standard InChI is InChI=1S/C12H16N6O.2ClH/c1-12(2,6-13)11(19)17-9-3-4-10(15-5-9)18-8-14-7-16-18;;/h3-5,7-8H,6,13H2,1-2H3,(H,17,19);2*1H. The SMILES string of the molecule is CC(C)(CN)C(=O)Nc1ccc(-n2cncn2)nc1.Cl.Cl. The Hall–Kier alpha value is -1.70. The van der Waals surface area contributed by atoms with Crippen molar-refractivity contribution in [2.24, 2.45) is 11.1 Å². The molecule has 3 N–H and O–H groups in total. The van der Waals surface area contributed by atoms with E-state index in [-0.39, 0.29) is 37.3 Å². The van der Waals surface area contributed by atoms with Gasteiger partial charge in [0.15, 0.2) is 5.82 Å². The van der Waals surface area contributed by atoms with Gasteiger partial charge in [-0.05, 0) is 26.0 Å². The molecule has 1 amide bonds. The first-order valence-electron chi connectivity index (χ1n) is 5.85. The number of hydrogen-bond donors (Lipinski definition) is 2. The number of aromatic nitrogens is 4. The van der Waals surface area contributed by atoms with Gasteiger partial charge in [-0.1, -0.05) is 0 Å². The molecule has 2 aromatic rings. The first kappa shape index (κ1) is 19.3. The topological polar surface area (TPSA) is 98.7 Å². The molecule has 0 unspecified atom stereocenters. The Kier molecular flexibility index (Phi) is 7.28. The van der Waals surface area contributed by atoms with E-state index in [0.717, 1.165) is 0 Å². The molecular formula is C12H18Cl2N6O. The van der Waals surface area contributed by atoms with Crippen LogP contribution in [0.25, 0.3) is 5.82 Å². The summed E-state index contributed by atoms with van der Waals surface area (Å²) in [6, 6.07) is 3.51. The third kappa shape index (κ3) is 4.66. The lowest BCUT2D eigenvalue weighted by Crippen LogP contribution is -2.37. The van der Waals surface area contributed by atoms with Crippen LogP contribution in [0.5, 0.6) is 0 Å². The Balaban J connectivity index is 0.00000200. The van der Waals surface area contributed by atoms with Crippen molar-refractivity contribution in [2.45, 2.75) is 13.8 Å². The number of amides is 1. The number of halogens is 2. The zero-order valence-electron chi connectivity index (χ0n) is 11.7. The summed E-state index contributed by atoms with van der Waals surface area (Å²) in [4.78, 5) is 20.0. The Morgan fingerprint density at radius 3 is 2.57 bits per heavy atom. The largest absolute Gasteiger partial charge is 0.329 e. The van der Waals surface area contributed by atoms with E-state index in [9.17, 15) is 4.79 Å². The Bertz CT molecular complexity index is 556. The van der Waals surface area contributed by atoms with Gasteiger partial charge in [0.1, 0.15) is 12.7 Å². The van der Waals surface area contributed by atoms with E-state index in [2.05, 4.69) is 20.4 Å². The van der Waals surface area contributed by atoms with E-state index in [1.54, 1.807) is 38.5 Å². The second-order valence-corrected chi connectivity index (χ2v) is 4.79. The highest BCUT2D eigenvalue weighted by molar-refractivity contribution is 5.94. The normalized spacial score (nSPS) is 10.2. The lowest BCUT2D eigenvalue weighted by molar-refractivity contribution is -0.123. The van der Waals surface area contributed by atoms with E-state index in [1.807, 2.05) is 0 Å². The second kappa shape index (κ2) is 7.92. The number of carbonyl (C=O) groups is 1. The molecule has 0 fully saturated rings. The van der Waals surface area contributed by atoms with Gasteiger partial charge in [-0.25, -0.2) is 14.6 Å². The number of nitrogens with two attached hydrogens (primary N) is 1. The fraction of sp³-hybridized carbons (Fsp3) is 0.333. The van der Waals surface area contributed by atoms with Crippen molar-refractivity contribution in [1.29, 1.82) is 0 Å². The van der Waals surface area contributed by atoms with Crippen molar-refractivity contribution in [1.82, 2.24) is 19.7 Å². The molecule has 116 valence electrons. The van der Waals surface area contributed by atoms with Crippen LogP contribution in [-0.4, -0.2) is 32.2 Å². The molecule has 0 aliphatic carbocycles. The highest BCUT2D eigenvalue weighted by Crippen LogP contribution is 2.17. The van der Waals surface area contributed by atoms with Gasteiger partial charge in [0.25, 0.3) is 0 Å². The quantitative estimate of drug-likeness (QED) is 0.882. The van der Waals surface area contributed by atoms with Gasteiger partial charge >= 0.3 is 0 Å². The van der Waals surface area contributed by atoms with E-state index in [4.69, 9.17) is 5.73 Å². The monoisotopic (exact) mass is 332 g/mol. The number of nitrogens with zero attached hydrogens (tertiary/aromatic N) is 4. The fourth-order valence-electron chi connectivity index (χ4n) is 1.32. The van der Waals surface area contributed by atoms with Crippen molar-refractivity contribution in [3.63, 3.8) is 0 Å². The van der Waals surface area contributed by atoms with Crippen LogP contribution in [0.3, 0.4) is 0 Å². The molecule has 0 saturated heterocycles. The number of pyridine rings is 1. The third-order valence-electron chi connectivity index (χ3n) is 2.78. The minimum Gasteiger partial charge on any atom is -0.329 e. The molecule has 0 radical (unpaired) electrons. The van der Waals surface area contributed by atoms with E-state index in [0.29, 0.717) is 11.5 Å². The van der Waals surface area contributed by atoms with Gasteiger partial charge < -0.3 is 11.1 Å². The van der Waals surface area contributed by atoms with Gasteiger partial charge in [-0.2, -0.15) is 5.10 Å². The zero-order chi connectivity index (χ0) is 13.9. The van der Waals surface area contributed by atoms with Crippen LogP contribution in [0, 0.1) is 5.41 Å². The Labute approximate surface area is 135 Å². The molecule has 0 aromatic carbocycles. The van der Waals surface area contributed by atoms with Crippen molar-refractivity contribution >= 4 is 36.4 Å². The van der Waals surface area contributed by atoms with Gasteiger partial charge in [0.2, 0.25) is 5.91 Å². The van der Waals surface area contributed by atoms with Crippen molar-refractivity contribution in [2.75, 3.05) is 11.9 Å². The summed E-state index contributed by atoms with van der Waals surface area (Å²) in [5.74, 6) is 0.499. The first-order chi connectivity index (χ1) is 9.03. The van der Waals surface area contributed by atoms with Gasteiger partial charge in [0.05, 0.1) is 17.3 Å². The van der Waals surface area contributed by atoms with Gasteiger partial charge in [-0.3, -0.25) is 4.79 Å². The summed E-state index contributed by atoms with van der Waals surface area (Å²) < 4.78 is 1.54. The average Bonchev–Trinajstić information content (AvgIpc) is 2.93. The molecule has 0 atom stereocenters. The maximum absolute atomic E-state index is 11.9. The van der Waals surface area contributed by atoms with E-state index >= 15 is 0 Å². The van der Waals surface area contributed by atoms with Crippen LogP contribution >= 0.6 is 24.8 Å². The molecule has 2 heterocycles. The molecule has 2 aromatic heterocycles. The summed E-state index contributed by atoms with van der Waals surface area (Å²) >= 11 is 0. The van der Waals surface area contributed by atoms with Crippen molar-refractivity contribution < 1.29 is 4.79 Å². The molecule has 7 nitrogen and oxygen atoms in total. The molecule has 0 aliphatic rings. The summed E-state index contributed by atoms with van der Waals surface area (Å²) in [5, 5.41) is 6.75. The molecule has 0 aliphatic heterocycles. The number of carbonyl (C=O) groups excluding carboxylic acids is 1. The average molecular weight is 333 g/mol. The summed E-state index contributed by atoms with van der Waals surface area (Å²) in [5.41, 5.74) is 5.57. The number of rotatable bonds is 4. The van der Waals surface area contributed by atoms with Gasteiger partial charge in [0, 0.05) is 6.54 Å².